The molecule has 6 nitrogen and oxygen atoms in total. The van der Waals surface area contributed by atoms with Gasteiger partial charge in [0.1, 0.15) is 18.1 Å². The fraction of sp³-hybridized carbons (Fsp3) is 0.231. The van der Waals surface area contributed by atoms with Crippen LogP contribution in [0.4, 0.5) is 0 Å². The number of aromatic hydroxyl groups is 1. The first-order valence-corrected chi connectivity index (χ1v) is 10.4. The van der Waals surface area contributed by atoms with Gasteiger partial charge < -0.3 is 19.4 Å². The number of phenols is 1. The molecule has 1 heterocycles. The Kier molecular flexibility index (Phi) is 5.97. The van der Waals surface area contributed by atoms with E-state index in [2.05, 4.69) is 43.1 Å². The van der Waals surface area contributed by atoms with Gasteiger partial charge in [0.15, 0.2) is 0 Å². The molecule has 3 aromatic carbocycles. The number of ether oxygens (including phenoxy) is 1. The zero-order chi connectivity index (χ0) is 22.7. The van der Waals surface area contributed by atoms with Crippen LogP contribution in [0.1, 0.15) is 37.5 Å². The molecular formula is C26H26N2O4. The molecule has 0 saturated carbocycles. The third-order valence-corrected chi connectivity index (χ3v) is 5.16. The molecule has 0 aliphatic heterocycles. The van der Waals surface area contributed by atoms with Gasteiger partial charge in [-0.25, -0.2) is 0 Å². The van der Waals surface area contributed by atoms with Crippen molar-refractivity contribution in [2.45, 2.75) is 39.4 Å². The number of benzene rings is 3. The van der Waals surface area contributed by atoms with Gasteiger partial charge >= 0.3 is 0 Å². The molecule has 0 fully saturated rings. The third-order valence-electron chi connectivity index (χ3n) is 5.16. The third kappa shape index (κ3) is 4.98. The number of hydrogen-bond acceptors (Lipinski definition) is 6. The molecule has 0 aliphatic rings. The second-order valence-electron chi connectivity index (χ2n) is 8.72. The Bertz CT molecular complexity index is 1190. The summed E-state index contributed by atoms with van der Waals surface area (Å²) in [5.41, 5.74) is 4.58. The largest absolute Gasteiger partial charge is 0.508 e. The van der Waals surface area contributed by atoms with E-state index in [0.29, 0.717) is 29.7 Å². The molecule has 1 aromatic heterocycles. The fourth-order valence-electron chi connectivity index (χ4n) is 3.30. The van der Waals surface area contributed by atoms with E-state index in [0.717, 1.165) is 16.7 Å². The zero-order valence-corrected chi connectivity index (χ0v) is 18.4. The van der Waals surface area contributed by atoms with Crippen LogP contribution in [0.5, 0.6) is 11.5 Å². The van der Waals surface area contributed by atoms with Crippen LogP contribution < -0.4 is 4.74 Å². The van der Waals surface area contributed by atoms with Crippen LogP contribution in [-0.4, -0.2) is 20.4 Å². The number of hydrogen-bond donors (Lipinski definition) is 2. The van der Waals surface area contributed by atoms with Crippen molar-refractivity contribution in [1.82, 2.24) is 10.2 Å². The molecule has 0 atom stereocenters. The Morgan fingerprint density at radius 3 is 1.97 bits per heavy atom. The van der Waals surface area contributed by atoms with Gasteiger partial charge in [-0.2, -0.15) is 0 Å². The van der Waals surface area contributed by atoms with Gasteiger partial charge in [-0.05, 0) is 58.5 Å². The first-order chi connectivity index (χ1) is 15.3. The molecule has 164 valence electrons. The van der Waals surface area contributed by atoms with E-state index in [1.54, 1.807) is 6.07 Å². The van der Waals surface area contributed by atoms with Crippen molar-refractivity contribution in [1.29, 1.82) is 0 Å². The van der Waals surface area contributed by atoms with Crippen LogP contribution in [0.2, 0.25) is 0 Å². The summed E-state index contributed by atoms with van der Waals surface area (Å²) in [5.74, 6) is 1.49. The Labute approximate surface area is 187 Å². The van der Waals surface area contributed by atoms with Crippen LogP contribution in [0.25, 0.3) is 22.9 Å². The van der Waals surface area contributed by atoms with Gasteiger partial charge in [-0.3, -0.25) is 0 Å². The van der Waals surface area contributed by atoms with E-state index in [1.165, 1.54) is 17.7 Å². The van der Waals surface area contributed by atoms with Gasteiger partial charge in [-0.15, -0.1) is 10.2 Å². The molecule has 32 heavy (non-hydrogen) atoms. The summed E-state index contributed by atoms with van der Waals surface area (Å²) < 4.78 is 11.6. The minimum atomic E-state index is -0.160. The maximum absolute atomic E-state index is 9.70. The summed E-state index contributed by atoms with van der Waals surface area (Å²) in [6.07, 6.45) is 0. The standard InChI is InChI=1S/C26H26N2O4/c1-26(2,3)21-10-8-20(9-11-21)25-28-27-24(32-25)19-6-4-17(5-7-19)16-31-23-13-18(15-29)12-22(30)14-23/h4-14,29-30H,15-16H2,1-3H3. The molecule has 2 N–H and O–H groups in total. The highest BCUT2D eigenvalue weighted by atomic mass is 16.5. The first-order valence-electron chi connectivity index (χ1n) is 10.4. The molecule has 4 aromatic rings. The van der Waals surface area contributed by atoms with Gasteiger partial charge in [0.2, 0.25) is 11.8 Å². The number of aliphatic hydroxyl groups is 1. The van der Waals surface area contributed by atoms with E-state index in [-0.39, 0.29) is 17.8 Å². The minimum Gasteiger partial charge on any atom is -0.508 e. The normalized spacial score (nSPS) is 11.5. The lowest BCUT2D eigenvalue weighted by molar-refractivity contribution is 0.276. The maximum atomic E-state index is 9.70. The summed E-state index contributed by atoms with van der Waals surface area (Å²) in [4.78, 5) is 0. The smallest absolute Gasteiger partial charge is 0.248 e. The van der Waals surface area contributed by atoms with Crippen LogP contribution in [0.3, 0.4) is 0 Å². The minimum absolute atomic E-state index is 0.0575. The summed E-state index contributed by atoms with van der Waals surface area (Å²) in [5, 5.41) is 27.3. The highest BCUT2D eigenvalue weighted by Crippen LogP contribution is 2.28. The number of aromatic nitrogens is 2. The summed E-state index contributed by atoms with van der Waals surface area (Å²) >= 11 is 0. The molecule has 0 spiro atoms. The lowest BCUT2D eigenvalue weighted by atomic mass is 9.87. The van der Waals surface area contributed by atoms with Crippen molar-refractivity contribution in [2.24, 2.45) is 0 Å². The molecule has 0 saturated heterocycles. The Morgan fingerprint density at radius 1 is 0.812 bits per heavy atom. The predicted octanol–water partition coefficient (Wildman–Crippen LogP) is 5.48. The highest BCUT2D eigenvalue weighted by molar-refractivity contribution is 5.58. The van der Waals surface area contributed by atoms with E-state index in [4.69, 9.17) is 9.15 Å². The number of phenolic OH excluding ortho intramolecular Hbond substituents is 1. The van der Waals surface area contributed by atoms with Crippen molar-refractivity contribution in [3.05, 3.63) is 83.4 Å². The number of nitrogens with zero attached hydrogens (tertiary/aromatic N) is 2. The molecule has 0 unspecified atom stereocenters. The summed E-state index contributed by atoms with van der Waals surface area (Å²) in [7, 11) is 0. The second kappa shape index (κ2) is 8.85. The lowest BCUT2D eigenvalue weighted by Gasteiger charge is -2.18. The Balaban J connectivity index is 1.43. The molecular weight excluding hydrogens is 404 g/mol. The van der Waals surface area contributed by atoms with Crippen molar-refractivity contribution in [3.8, 4) is 34.4 Å². The SMILES string of the molecule is CC(C)(C)c1ccc(-c2nnc(-c3ccc(COc4cc(O)cc(CO)c4)cc3)o2)cc1. The molecule has 0 amide bonds. The Morgan fingerprint density at radius 2 is 1.41 bits per heavy atom. The van der Waals surface area contributed by atoms with E-state index in [9.17, 15) is 10.2 Å². The monoisotopic (exact) mass is 430 g/mol. The van der Waals surface area contributed by atoms with Gasteiger partial charge in [0, 0.05) is 17.2 Å². The maximum Gasteiger partial charge on any atom is 0.248 e. The molecule has 0 radical (unpaired) electrons. The quantitative estimate of drug-likeness (QED) is 0.421. The number of aliphatic hydroxyl groups excluding tert-OH is 1. The topological polar surface area (TPSA) is 88.6 Å². The van der Waals surface area contributed by atoms with Crippen LogP contribution in [-0.2, 0) is 18.6 Å². The van der Waals surface area contributed by atoms with Gasteiger partial charge in [-0.1, -0.05) is 45.0 Å². The fourth-order valence-corrected chi connectivity index (χ4v) is 3.30. The molecule has 0 aliphatic carbocycles. The lowest BCUT2D eigenvalue weighted by Crippen LogP contribution is -2.10. The predicted molar refractivity (Wildman–Crippen MR) is 122 cm³/mol. The average molecular weight is 431 g/mol. The van der Waals surface area contributed by atoms with Crippen molar-refractivity contribution in [2.75, 3.05) is 0 Å². The van der Waals surface area contributed by atoms with Gasteiger partial charge in [0.25, 0.3) is 0 Å². The van der Waals surface area contributed by atoms with Crippen molar-refractivity contribution in [3.63, 3.8) is 0 Å². The van der Waals surface area contributed by atoms with E-state index in [1.807, 2.05) is 36.4 Å². The zero-order valence-electron chi connectivity index (χ0n) is 18.4. The molecule has 6 heteroatoms. The summed E-state index contributed by atoms with van der Waals surface area (Å²) in [6, 6.07) is 20.5. The molecule has 0 bridgehead atoms. The van der Waals surface area contributed by atoms with Crippen molar-refractivity contribution < 1.29 is 19.4 Å². The van der Waals surface area contributed by atoms with Gasteiger partial charge in [0.05, 0.1) is 6.61 Å². The first kappa shape index (κ1) is 21.6. The number of rotatable bonds is 6. The van der Waals surface area contributed by atoms with Crippen LogP contribution in [0.15, 0.2) is 71.1 Å². The summed E-state index contributed by atoms with van der Waals surface area (Å²) in [6.45, 7) is 6.70. The van der Waals surface area contributed by atoms with Crippen molar-refractivity contribution >= 4 is 0 Å². The van der Waals surface area contributed by atoms with E-state index >= 15 is 0 Å². The van der Waals surface area contributed by atoms with Crippen LogP contribution >= 0.6 is 0 Å². The average Bonchev–Trinajstić information content (AvgIpc) is 3.27. The molecule has 4 rings (SSSR count). The van der Waals surface area contributed by atoms with E-state index < -0.39 is 0 Å². The highest BCUT2D eigenvalue weighted by Gasteiger charge is 2.15. The Hall–Kier alpha value is -3.64. The van der Waals surface area contributed by atoms with Crippen LogP contribution in [0, 0.1) is 0 Å². The second-order valence-corrected chi connectivity index (χ2v) is 8.72.